The molecule has 1 aliphatic rings. The molecule has 0 aromatic carbocycles. The number of hydrogen-bond acceptors (Lipinski definition) is 2. The highest BCUT2D eigenvalue weighted by Gasteiger charge is 2.22. The molecule has 0 spiro atoms. The summed E-state index contributed by atoms with van der Waals surface area (Å²) in [6, 6.07) is 0. The highest BCUT2D eigenvalue weighted by molar-refractivity contribution is 5.80. The minimum absolute atomic E-state index is 0.216. The molecule has 0 radical (unpaired) electrons. The van der Waals surface area contributed by atoms with Crippen molar-refractivity contribution < 1.29 is 4.79 Å². The van der Waals surface area contributed by atoms with Crippen LogP contribution in [0.3, 0.4) is 0 Å². The predicted molar refractivity (Wildman–Crippen MR) is 39.4 cm³/mol. The molecule has 3 heteroatoms. The van der Waals surface area contributed by atoms with Crippen LogP contribution in [0.1, 0.15) is 19.3 Å². The zero-order chi connectivity index (χ0) is 7.40. The minimum atomic E-state index is 0.216. The highest BCUT2D eigenvalue weighted by Crippen LogP contribution is 2.14. The molecule has 1 amide bonds. The Morgan fingerprint density at radius 1 is 1.70 bits per heavy atom. The standard InChI is InChI=1S/C7H14N2O/c8-4-1-2-6-3-5-9-7(6)10/h6H,1-5,8H2,(H,9,10)/t6-/m0/s1. The average molecular weight is 142 g/mol. The topological polar surface area (TPSA) is 55.1 Å². The first kappa shape index (κ1) is 7.54. The summed E-state index contributed by atoms with van der Waals surface area (Å²) in [4.78, 5) is 10.9. The van der Waals surface area contributed by atoms with Gasteiger partial charge in [-0.15, -0.1) is 0 Å². The maximum absolute atomic E-state index is 10.9. The van der Waals surface area contributed by atoms with E-state index in [1.807, 2.05) is 0 Å². The summed E-state index contributed by atoms with van der Waals surface area (Å²) < 4.78 is 0. The number of rotatable bonds is 3. The number of carbonyl (C=O) groups excluding carboxylic acids is 1. The van der Waals surface area contributed by atoms with Gasteiger partial charge in [0.1, 0.15) is 0 Å². The fourth-order valence-electron chi connectivity index (χ4n) is 1.28. The molecule has 0 bridgehead atoms. The quantitative estimate of drug-likeness (QED) is 0.576. The summed E-state index contributed by atoms with van der Waals surface area (Å²) in [5.41, 5.74) is 5.32. The smallest absolute Gasteiger partial charge is 0.223 e. The molecule has 0 aromatic rings. The molecule has 3 nitrogen and oxygen atoms in total. The van der Waals surface area contributed by atoms with Gasteiger partial charge in [0.2, 0.25) is 5.91 Å². The van der Waals surface area contributed by atoms with Crippen molar-refractivity contribution in [3.05, 3.63) is 0 Å². The number of hydrogen-bond donors (Lipinski definition) is 2. The Bertz CT molecular complexity index is 125. The third-order valence-corrected chi connectivity index (χ3v) is 1.92. The summed E-state index contributed by atoms with van der Waals surface area (Å²) >= 11 is 0. The lowest BCUT2D eigenvalue weighted by molar-refractivity contribution is -0.122. The van der Waals surface area contributed by atoms with Crippen molar-refractivity contribution in [2.24, 2.45) is 11.7 Å². The van der Waals surface area contributed by atoms with Crippen molar-refractivity contribution >= 4 is 5.91 Å². The molecule has 0 aromatic heterocycles. The molecular weight excluding hydrogens is 128 g/mol. The Labute approximate surface area is 61.0 Å². The lowest BCUT2D eigenvalue weighted by Crippen LogP contribution is -2.19. The predicted octanol–water partition coefficient (Wildman–Crippen LogP) is -0.139. The molecule has 0 saturated carbocycles. The lowest BCUT2D eigenvalue weighted by Gasteiger charge is -2.02. The summed E-state index contributed by atoms with van der Waals surface area (Å²) in [5, 5.41) is 2.80. The van der Waals surface area contributed by atoms with E-state index in [1.165, 1.54) is 0 Å². The van der Waals surface area contributed by atoms with Gasteiger partial charge in [0.05, 0.1) is 0 Å². The highest BCUT2D eigenvalue weighted by atomic mass is 16.2. The zero-order valence-electron chi connectivity index (χ0n) is 6.10. The van der Waals surface area contributed by atoms with Crippen LogP contribution in [0.4, 0.5) is 0 Å². The largest absolute Gasteiger partial charge is 0.356 e. The Balaban J connectivity index is 2.20. The first-order chi connectivity index (χ1) is 4.84. The minimum Gasteiger partial charge on any atom is -0.356 e. The van der Waals surface area contributed by atoms with Crippen molar-refractivity contribution in [2.45, 2.75) is 19.3 Å². The van der Waals surface area contributed by atoms with Crippen LogP contribution in [0.2, 0.25) is 0 Å². The first-order valence-electron chi connectivity index (χ1n) is 3.82. The Hall–Kier alpha value is -0.570. The van der Waals surface area contributed by atoms with Crippen LogP contribution >= 0.6 is 0 Å². The van der Waals surface area contributed by atoms with Crippen molar-refractivity contribution in [3.8, 4) is 0 Å². The summed E-state index contributed by atoms with van der Waals surface area (Å²) in [6.07, 6.45) is 2.93. The van der Waals surface area contributed by atoms with Crippen LogP contribution in [-0.2, 0) is 4.79 Å². The first-order valence-corrected chi connectivity index (χ1v) is 3.82. The van der Waals surface area contributed by atoms with Gasteiger partial charge >= 0.3 is 0 Å². The third kappa shape index (κ3) is 1.70. The van der Waals surface area contributed by atoms with Crippen molar-refractivity contribution in [2.75, 3.05) is 13.1 Å². The molecule has 1 atom stereocenters. The molecule has 1 fully saturated rings. The maximum atomic E-state index is 10.9. The van der Waals surface area contributed by atoms with Crippen molar-refractivity contribution in [3.63, 3.8) is 0 Å². The van der Waals surface area contributed by atoms with Crippen molar-refractivity contribution in [1.82, 2.24) is 5.32 Å². The second-order valence-electron chi connectivity index (χ2n) is 2.71. The number of nitrogens with two attached hydrogens (primary N) is 1. The summed E-state index contributed by atoms with van der Waals surface area (Å²) in [7, 11) is 0. The fraction of sp³-hybridized carbons (Fsp3) is 0.857. The van der Waals surface area contributed by atoms with E-state index >= 15 is 0 Å². The van der Waals surface area contributed by atoms with Gasteiger partial charge < -0.3 is 11.1 Å². The molecule has 1 aliphatic heterocycles. The number of nitrogens with one attached hydrogen (secondary N) is 1. The van der Waals surface area contributed by atoms with Crippen LogP contribution in [0.15, 0.2) is 0 Å². The van der Waals surface area contributed by atoms with E-state index in [0.29, 0.717) is 6.54 Å². The lowest BCUT2D eigenvalue weighted by atomic mass is 10.0. The van der Waals surface area contributed by atoms with Gasteiger partial charge in [-0.1, -0.05) is 0 Å². The molecule has 1 rings (SSSR count). The Kier molecular flexibility index (Phi) is 2.68. The third-order valence-electron chi connectivity index (χ3n) is 1.92. The van der Waals surface area contributed by atoms with E-state index in [-0.39, 0.29) is 11.8 Å². The van der Waals surface area contributed by atoms with Crippen LogP contribution in [0.25, 0.3) is 0 Å². The van der Waals surface area contributed by atoms with Crippen LogP contribution in [0.5, 0.6) is 0 Å². The second-order valence-corrected chi connectivity index (χ2v) is 2.71. The SMILES string of the molecule is NCCC[C@H]1CCNC1=O. The molecular formula is C7H14N2O. The van der Waals surface area contributed by atoms with Gasteiger partial charge in [-0.05, 0) is 25.8 Å². The van der Waals surface area contributed by atoms with Gasteiger partial charge in [0.15, 0.2) is 0 Å². The molecule has 1 heterocycles. The van der Waals surface area contributed by atoms with Gasteiger partial charge in [-0.2, -0.15) is 0 Å². The van der Waals surface area contributed by atoms with Crippen LogP contribution < -0.4 is 11.1 Å². The van der Waals surface area contributed by atoms with E-state index in [9.17, 15) is 4.79 Å². The molecule has 58 valence electrons. The zero-order valence-corrected chi connectivity index (χ0v) is 6.10. The average Bonchev–Trinajstić information content (AvgIpc) is 2.31. The normalized spacial score (nSPS) is 24.9. The van der Waals surface area contributed by atoms with E-state index in [1.54, 1.807) is 0 Å². The van der Waals surface area contributed by atoms with E-state index in [0.717, 1.165) is 25.8 Å². The second kappa shape index (κ2) is 3.56. The monoisotopic (exact) mass is 142 g/mol. The number of amides is 1. The van der Waals surface area contributed by atoms with E-state index in [4.69, 9.17) is 5.73 Å². The molecule has 3 N–H and O–H groups in total. The maximum Gasteiger partial charge on any atom is 0.223 e. The Morgan fingerprint density at radius 2 is 2.50 bits per heavy atom. The molecule has 0 unspecified atom stereocenters. The van der Waals surface area contributed by atoms with Gasteiger partial charge in [-0.3, -0.25) is 4.79 Å². The van der Waals surface area contributed by atoms with Gasteiger partial charge in [0, 0.05) is 12.5 Å². The van der Waals surface area contributed by atoms with Gasteiger partial charge in [-0.25, -0.2) is 0 Å². The van der Waals surface area contributed by atoms with E-state index in [2.05, 4.69) is 5.32 Å². The van der Waals surface area contributed by atoms with Crippen LogP contribution in [-0.4, -0.2) is 19.0 Å². The number of carbonyl (C=O) groups is 1. The fourth-order valence-corrected chi connectivity index (χ4v) is 1.28. The Morgan fingerprint density at radius 3 is 3.00 bits per heavy atom. The van der Waals surface area contributed by atoms with Crippen molar-refractivity contribution in [1.29, 1.82) is 0 Å². The summed E-state index contributed by atoms with van der Waals surface area (Å²) in [5.74, 6) is 0.469. The molecule has 0 aliphatic carbocycles. The molecule has 1 saturated heterocycles. The molecule has 10 heavy (non-hydrogen) atoms. The summed E-state index contributed by atoms with van der Waals surface area (Å²) in [6.45, 7) is 1.55. The van der Waals surface area contributed by atoms with E-state index < -0.39 is 0 Å². The van der Waals surface area contributed by atoms with Crippen LogP contribution in [0, 0.1) is 5.92 Å². The van der Waals surface area contributed by atoms with Gasteiger partial charge in [0.25, 0.3) is 0 Å².